The molecule has 0 heterocycles. The van der Waals surface area contributed by atoms with E-state index in [4.69, 9.17) is 26.3 Å². The molecule has 21 heavy (non-hydrogen) atoms. The number of hydrogen-bond donors (Lipinski definition) is 1. The Kier molecular flexibility index (Phi) is 5.44. The molecule has 0 saturated heterocycles. The van der Waals surface area contributed by atoms with Crippen molar-refractivity contribution in [2.24, 2.45) is 0 Å². The van der Waals surface area contributed by atoms with Crippen molar-refractivity contribution < 1.29 is 14.6 Å². The molecule has 108 valence electrons. The van der Waals surface area contributed by atoms with Gasteiger partial charge in [0.25, 0.3) is 0 Å². The van der Waals surface area contributed by atoms with Gasteiger partial charge < -0.3 is 14.6 Å². The van der Waals surface area contributed by atoms with Gasteiger partial charge in [0.15, 0.2) is 0 Å². The van der Waals surface area contributed by atoms with Gasteiger partial charge >= 0.3 is 0 Å². The predicted molar refractivity (Wildman–Crippen MR) is 79.6 cm³/mol. The molecule has 2 aromatic carbocycles. The van der Waals surface area contributed by atoms with Crippen molar-refractivity contribution in [2.75, 3.05) is 13.2 Å². The van der Waals surface area contributed by atoms with Gasteiger partial charge in [-0.1, -0.05) is 11.6 Å². The third-order valence-electron chi connectivity index (χ3n) is 2.68. The van der Waals surface area contributed by atoms with Crippen molar-refractivity contribution >= 4 is 11.6 Å². The summed E-state index contributed by atoms with van der Waals surface area (Å²) < 4.78 is 10.8. The van der Waals surface area contributed by atoms with Crippen molar-refractivity contribution in [2.45, 2.75) is 6.10 Å². The fourth-order valence-electron chi connectivity index (χ4n) is 1.59. The molecule has 0 bridgehead atoms. The molecule has 0 radical (unpaired) electrons. The molecule has 2 rings (SSSR count). The van der Waals surface area contributed by atoms with Crippen LogP contribution in [0.4, 0.5) is 0 Å². The molecule has 0 fully saturated rings. The van der Waals surface area contributed by atoms with Crippen molar-refractivity contribution in [1.29, 1.82) is 5.26 Å². The van der Waals surface area contributed by atoms with Gasteiger partial charge in [-0.2, -0.15) is 5.26 Å². The number of ether oxygens (including phenoxy) is 2. The minimum absolute atomic E-state index is 0.111. The minimum Gasteiger partial charge on any atom is -0.491 e. The van der Waals surface area contributed by atoms with Crippen LogP contribution in [0.1, 0.15) is 5.56 Å². The van der Waals surface area contributed by atoms with Crippen molar-refractivity contribution in [3.8, 4) is 17.6 Å². The molecule has 0 aliphatic rings. The fraction of sp³-hybridized carbons (Fsp3) is 0.188. The van der Waals surface area contributed by atoms with Crippen LogP contribution >= 0.6 is 11.6 Å². The summed E-state index contributed by atoms with van der Waals surface area (Å²) in [5.41, 5.74) is 0.564. The Morgan fingerprint density at radius 1 is 0.952 bits per heavy atom. The number of halogens is 1. The second-order valence-electron chi connectivity index (χ2n) is 4.37. The zero-order chi connectivity index (χ0) is 15.1. The minimum atomic E-state index is -0.753. The van der Waals surface area contributed by atoms with E-state index in [2.05, 4.69) is 0 Å². The molecular formula is C16H14ClNO3. The fourth-order valence-corrected chi connectivity index (χ4v) is 1.72. The van der Waals surface area contributed by atoms with Crippen LogP contribution in [0, 0.1) is 11.3 Å². The Balaban J connectivity index is 1.75. The molecule has 4 nitrogen and oxygen atoms in total. The summed E-state index contributed by atoms with van der Waals surface area (Å²) in [7, 11) is 0. The first-order valence-corrected chi connectivity index (χ1v) is 6.74. The molecule has 0 saturated carbocycles. The number of aliphatic hydroxyl groups excluding tert-OH is 1. The molecule has 1 unspecified atom stereocenters. The topological polar surface area (TPSA) is 62.5 Å². The molecule has 0 amide bonds. The molecule has 0 aliphatic carbocycles. The maximum absolute atomic E-state index is 9.80. The molecule has 2 aromatic rings. The monoisotopic (exact) mass is 303 g/mol. The Hall–Kier alpha value is -2.22. The van der Waals surface area contributed by atoms with Gasteiger partial charge in [0.1, 0.15) is 30.8 Å². The average Bonchev–Trinajstić information content (AvgIpc) is 2.53. The van der Waals surface area contributed by atoms with E-state index in [1.807, 2.05) is 6.07 Å². The van der Waals surface area contributed by atoms with Gasteiger partial charge in [-0.05, 0) is 48.5 Å². The highest BCUT2D eigenvalue weighted by molar-refractivity contribution is 6.30. The lowest BCUT2D eigenvalue weighted by atomic mass is 10.2. The van der Waals surface area contributed by atoms with Crippen LogP contribution in [0.3, 0.4) is 0 Å². The maximum atomic E-state index is 9.80. The first kappa shape index (κ1) is 15.2. The second kappa shape index (κ2) is 7.53. The lowest BCUT2D eigenvalue weighted by Gasteiger charge is -2.13. The Labute approximate surface area is 128 Å². The summed E-state index contributed by atoms with van der Waals surface area (Å²) in [5.74, 6) is 1.23. The Morgan fingerprint density at radius 3 is 1.90 bits per heavy atom. The summed E-state index contributed by atoms with van der Waals surface area (Å²) in [6.07, 6.45) is -0.753. The highest BCUT2D eigenvalue weighted by atomic mass is 35.5. The van der Waals surface area contributed by atoms with Gasteiger partial charge in [0.2, 0.25) is 0 Å². The SMILES string of the molecule is N#Cc1ccc(OCC(O)COc2ccc(Cl)cc2)cc1. The number of aliphatic hydroxyl groups is 1. The van der Waals surface area contributed by atoms with E-state index in [1.54, 1.807) is 48.5 Å². The second-order valence-corrected chi connectivity index (χ2v) is 4.80. The molecule has 0 spiro atoms. The van der Waals surface area contributed by atoms with Crippen LogP contribution in [-0.2, 0) is 0 Å². The standard InChI is InChI=1S/C16H14ClNO3/c17-13-3-7-16(8-4-13)21-11-14(19)10-20-15-5-1-12(9-18)2-6-15/h1-8,14,19H,10-11H2. The summed E-state index contributed by atoms with van der Waals surface area (Å²) >= 11 is 5.77. The molecule has 1 N–H and O–H groups in total. The van der Waals surface area contributed by atoms with Crippen LogP contribution < -0.4 is 9.47 Å². The Bertz CT molecular complexity index is 605. The summed E-state index contributed by atoms with van der Waals surface area (Å²) in [4.78, 5) is 0. The summed E-state index contributed by atoms with van der Waals surface area (Å²) in [6, 6.07) is 15.6. The van der Waals surface area contributed by atoms with E-state index in [1.165, 1.54) is 0 Å². The highest BCUT2D eigenvalue weighted by Crippen LogP contribution is 2.16. The number of benzene rings is 2. The third kappa shape index (κ3) is 4.99. The smallest absolute Gasteiger partial charge is 0.122 e. The zero-order valence-electron chi connectivity index (χ0n) is 11.2. The lowest BCUT2D eigenvalue weighted by molar-refractivity contribution is 0.0626. The van der Waals surface area contributed by atoms with E-state index in [0.717, 1.165) is 0 Å². The van der Waals surface area contributed by atoms with E-state index < -0.39 is 6.10 Å². The van der Waals surface area contributed by atoms with Crippen LogP contribution in [0.15, 0.2) is 48.5 Å². The van der Waals surface area contributed by atoms with Crippen LogP contribution in [0.25, 0.3) is 0 Å². The van der Waals surface area contributed by atoms with E-state index >= 15 is 0 Å². The summed E-state index contributed by atoms with van der Waals surface area (Å²) in [5, 5.41) is 19.1. The number of nitriles is 1. The number of rotatable bonds is 6. The molecular weight excluding hydrogens is 290 g/mol. The molecule has 5 heteroatoms. The zero-order valence-corrected chi connectivity index (χ0v) is 12.0. The van der Waals surface area contributed by atoms with Crippen LogP contribution in [0.2, 0.25) is 5.02 Å². The third-order valence-corrected chi connectivity index (χ3v) is 2.93. The van der Waals surface area contributed by atoms with Crippen molar-refractivity contribution in [3.05, 3.63) is 59.1 Å². The highest BCUT2D eigenvalue weighted by Gasteiger charge is 2.07. The van der Waals surface area contributed by atoms with Crippen molar-refractivity contribution in [1.82, 2.24) is 0 Å². The van der Waals surface area contributed by atoms with Gasteiger partial charge in [0, 0.05) is 5.02 Å². The summed E-state index contributed by atoms with van der Waals surface area (Å²) in [6.45, 7) is 0.234. The lowest BCUT2D eigenvalue weighted by Crippen LogP contribution is -2.25. The van der Waals surface area contributed by atoms with Crippen LogP contribution in [0.5, 0.6) is 11.5 Å². The van der Waals surface area contributed by atoms with E-state index in [9.17, 15) is 5.11 Å². The first-order chi connectivity index (χ1) is 10.2. The first-order valence-electron chi connectivity index (χ1n) is 6.37. The number of hydrogen-bond acceptors (Lipinski definition) is 4. The maximum Gasteiger partial charge on any atom is 0.122 e. The average molecular weight is 304 g/mol. The predicted octanol–water partition coefficient (Wildman–Crippen LogP) is 3.03. The molecule has 1 atom stereocenters. The normalized spacial score (nSPS) is 11.5. The van der Waals surface area contributed by atoms with E-state index in [-0.39, 0.29) is 13.2 Å². The Morgan fingerprint density at radius 2 is 1.43 bits per heavy atom. The molecule has 0 aliphatic heterocycles. The van der Waals surface area contributed by atoms with Gasteiger partial charge in [-0.25, -0.2) is 0 Å². The van der Waals surface area contributed by atoms with Gasteiger partial charge in [-0.15, -0.1) is 0 Å². The largest absolute Gasteiger partial charge is 0.491 e. The van der Waals surface area contributed by atoms with Crippen molar-refractivity contribution in [3.63, 3.8) is 0 Å². The van der Waals surface area contributed by atoms with E-state index in [0.29, 0.717) is 22.1 Å². The quantitative estimate of drug-likeness (QED) is 0.891. The van der Waals surface area contributed by atoms with Gasteiger partial charge in [-0.3, -0.25) is 0 Å². The molecule has 0 aromatic heterocycles. The van der Waals surface area contributed by atoms with Crippen LogP contribution in [-0.4, -0.2) is 24.4 Å². The van der Waals surface area contributed by atoms with Gasteiger partial charge in [0.05, 0.1) is 11.6 Å². The number of nitrogens with zero attached hydrogens (tertiary/aromatic N) is 1.